The molecule has 170 valence electrons. The number of ether oxygens (including phenoxy) is 1. The molecule has 33 heavy (non-hydrogen) atoms. The van der Waals surface area contributed by atoms with Crippen LogP contribution in [0.15, 0.2) is 42.9 Å². The Morgan fingerprint density at radius 1 is 1.15 bits per heavy atom. The lowest BCUT2D eigenvalue weighted by Crippen LogP contribution is -2.54. The number of hydrogen-bond donors (Lipinski definition) is 2. The van der Waals surface area contributed by atoms with Crippen LogP contribution in [-0.4, -0.2) is 57.5 Å². The van der Waals surface area contributed by atoms with Gasteiger partial charge in [0.2, 0.25) is 5.65 Å². The summed E-state index contributed by atoms with van der Waals surface area (Å²) in [5, 5.41) is 7.42. The molecule has 5 rings (SSSR count). The van der Waals surface area contributed by atoms with Gasteiger partial charge >= 0.3 is 0 Å². The number of nitrogens with one attached hydrogen (secondary N) is 2. The molecular weight excluding hydrogens is 418 g/mol. The topological polar surface area (TPSA) is 96.7 Å². The fourth-order valence-electron chi connectivity index (χ4n) is 4.61. The number of carbonyl (C=O) groups is 1. The molecule has 9 nitrogen and oxygen atoms in total. The average molecular weight is 446 g/mol. The van der Waals surface area contributed by atoms with E-state index in [-0.39, 0.29) is 5.91 Å². The van der Waals surface area contributed by atoms with Gasteiger partial charge < -0.3 is 20.3 Å². The van der Waals surface area contributed by atoms with E-state index in [0.29, 0.717) is 40.5 Å². The summed E-state index contributed by atoms with van der Waals surface area (Å²) in [6.07, 6.45) is 5.30. The molecule has 2 N–H and O–H groups in total. The molecular formula is C24H27N7O2. The van der Waals surface area contributed by atoms with Gasteiger partial charge in [-0.3, -0.25) is 14.2 Å². The van der Waals surface area contributed by atoms with Crippen molar-refractivity contribution in [3.63, 3.8) is 0 Å². The highest BCUT2D eigenvalue weighted by molar-refractivity contribution is 6.13. The molecule has 1 aliphatic rings. The van der Waals surface area contributed by atoms with Crippen LogP contribution in [-0.2, 0) is 0 Å². The summed E-state index contributed by atoms with van der Waals surface area (Å²) >= 11 is 0. The number of rotatable bonds is 4. The van der Waals surface area contributed by atoms with Gasteiger partial charge in [0.1, 0.15) is 0 Å². The Bertz CT molecular complexity index is 1340. The Labute approximate surface area is 191 Å². The maximum atomic E-state index is 13.3. The van der Waals surface area contributed by atoms with Crippen molar-refractivity contribution >= 4 is 34.0 Å². The van der Waals surface area contributed by atoms with Gasteiger partial charge in [0.05, 0.1) is 30.1 Å². The summed E-state index contributed by atoms with van der Waals surface area (Å²) in [4.78, 5) is 29.0. The van der Waals surface area contributed by atoms with Crippen molar-refractivity contribution in [2.45, 2.75) is 32.9 Å². The number of hydrogen-bond acceptors (Lipinski definition) is 7. The predicted octanol–water partition coefficient (Wildman–Crippen LogP) is 3.03. The van der Waals surface area contributed by atoms with Gasteiger partial charge in [-0.2, -0.15) is 4.98 Å². The van der Waals surface area contributed by atoms with Crippen LogP contribution in [0.1, 0.15) is 29.9 Å². The zero-order valence-corrected chi connectivity index (χ0v) is 19.2. The number of nitrogens with zero attached hydrogens (tertiary/aromatic N) is 5. The van der Waals surface area contributed by atoms with Crippen molar-refractivity contribution in [3.8, 4) is 5.88 Å². The van der Waals surface area contributed by atoms with Crippen LogP contribution in [0.3, 0.4) is 0 Å². The van der Waals surface area contributed by atoms with E-state index >= 15 is 0 Å². The van der Waals surface area contributed by atoms with Crippen molar-refractivity contribution in [1.29, 1.82) is 0 Å². The van der Waals surface area contributed by atoms with Crippen LogP contribution < -0.4 is 20.3 Å². The summed E-state index contributed by atoms with van der Waals surface area (Å²) in [7, 11) is 1.53. The SMILES string of the molecule is COc1nc(NC(=O)c2ccc(N3C[C@@H](C)N[C@@H](C)C3)c3cccnc23)cn2cc(C)nc12. The van der Waals surface area contributed by atoms with Crippen molar-refractivity contribution < 1.29 is 9.53 Å². The van der Waals surface area contributed by atoms with E-state index in [2.05, 4.69) is 44.3 Å². The van der Waals surface area contributed by atoms with Crippen molar-refractivity contribution in [3.05, 3.63) is 54.1 Å². The molecule has 0 saturated carbocycles. The normalized spacial score (nSPS) is 18.6. The molecule has 1 aromatic carbocycles. The Morgan fingerprint density at radius 2 is 1.94 bits per heavy atom. The zero-order chi connectivity index (χ0) is 23.1. The minimum atomic E-state index is -0.280. The number of imidazole rings is 1. The van der Waals surface area contributed by atoms with Gasteiger partial charge in [-0.15, -0.1) is 0 Å². The van der Waals surface area contributed by atoms with Gasteiger partial charge in [0, 0.05) is 48.6 Å². The summed E-state index contributed by atoms with van der Waals surface area (Å²) in [6, 6.07) is 8.55. The highest BCUT2D eigenvalue weighted by atomic mass is 16.5. The smallest absolute Gasteiger partial charge is 0.260 e. The van der Waals surface area contributed by atoms with Crippen LogP contribution in [0.25, 0.3) is 16.6 Å². The third-order valence-corrected chi connectivity index (χ3v) is 5.85. The monoisotopic (exact) mass is 445 g/mol. The van der Waals surface area contributed by atoms with E-state index < -0.39 is 0 Å². The quantitative estimate of drug-likeness (QED) is 0.498. The lowest BCUT2D eigenvalue weighted by atomic mass is 10.0. The van der Waals surface area contributed by atoms with Crippen LogP contribution >= 0.6 is 0 Å². The van der Waals surface area contributed by atoms with Crippen LogP contribution in [0.5, 0.6) is 5.88 Å². The van der Waals surface area contributed by atoms with Crippen molar-refractivity contribution in [2.24, 2.45) is 0 Å². The number of anilines is 2. The molecule has 4 heterocycles. The summed E-state index contributed by atoms with van der Waals surface area (Å²) in [5.41, 5.74) is 3.68. The first-order valence-corrected chi connectivity index (χ1v) is 11.0. The molecule has 3 aromatic heterocycles. The van der Waals surface area contributed by atoms with Crippen molar-refractivity contribution in [1.82, 2.24) is 24.7 Å². The molecule has 0 unspecified atom stereocenters. The fraction of sp³-hybridized carbons (Fsp3) is 0.333. The van der Waals surface area contributed by atoms with E-state index in [1.54, 1.807) is 16.8 Å². The number of benzene rings is 1. The molecule has 0 radical (unpaired) electrons. The first-order valence-electron chi connectivity index (χ1n) is 11.0. The number of aryl methyl sites for hydroxylation is 1. The molecule has 1 amide bonds. The number of amides is 1. The second-order valence-electron chi connectivity index (χ2n) is 8.61. The number of aromatic nitrogens is 4. The maximum Gasteiger partial charge on any atom is 0.260 e. The van der Waals surface area contributed by atoms with Crippen LogP contribution in [0.2, 0.25) is 0 Å². The first kappa shape index (κ1) is 21.1. The van der Waals surface area contributed by atoms with E-state index in [0.717, 1.165) is 29.9 Å². The summed E-state index contributed by atoms with van der Waals surface area (Å²) in [5.74, 6) is 0.443. The molecule has 0 aliphatic carbocycles. The maximum absolute atomic E-state index is 13.3. The Balaban J connectivity index is 1.50. The zero-order valence-electron chi connectivity index (χ0n) is 19.2. The Morgan fingerprint density at radius 3 is 2.70 bits per heavy atom. The largest absolute Gasteiger partial charge is 0.478 e. The highest BCUT2D eigenvalue weighted by Crippen LogP contribution is 2.30. The fourth-order valence-corrected chi connectivity index (χ4v) is 4.61. The van der Waals surface area contributed by atoms with Gasteiger partial charge in [-0.1, -0.05) is 0 Å². The average Bonchev–Trinajstić information content (AvgIpc) is 3.17. The second kappa shape index (κ2) is 8.32. The highest BCUT2D eigenvalue weighted by Gasteiger charge is 2.24. The molecule has 1 fully saturated rings. The lowest BCUT2D eigenvalue weighted by Gasteiger charge is -2.38. The van der Waals surface area contributed by atoms with E-state index in [4.69, 9.17) is 4.74 Å². The predicted molar refractivity (Wildman–Crippen MR) is 128 cm³/mol. The van der Waals surface area contributed by atoms with Crippen molar-refractivity contribution in [2.75, 3.05) is 30.4 Å². The lowest BCUT2D eigenvalue weighted by molar-refractivity contribution is 0.102. The number of pyridine rings is 1. The van der Waals surface area contributed by atoms with Gasteiger partial charge in [0.25, 0.3) is 11.8 Å². The van der Waals surface area contributed by atoms with Crippen LogP contribution in [0, 0.1) is 6.92 Å². The second-order valence-corrected chi connectivity index (χ2v) is 8.61. The number of piperazine rings is 1. The molecule has 0 spiro atoms. The molecule has 4 aromatic rings. The van der Waals surface area contributed by atoms with Gasteiger partial charge in [-0.25, -0.2) is 4.98 Å². The number of fused-ring (bicyclic) bond motifs is 2. The van der Waals surface area contributed by atoms with E-state index in [1.807, 2.05) is 37.4 Å². The standard InChI is InChI=1S/C24H27N7O2/c1-14-10-30(11-15(2)26-14)19-8-7-18(21-17(19)6-5-9-25-21)23(32)28-20-13-31-12-16(3)27-22(31)24(29-20)33-4/h5-9,12-15,26H,10-11H2,1-4H3,(H,28,32)/t14-,15+. The molecule has 1 aliphatic heterocycles. The molecule has 9 heteroatoms. The minimum Gasteiger partial charge on any atom is -0.478 e. The third-order valence-electron chi connectivity index (χ3n) is 5.85. The molecule has 1 saturated heterocycles. The molecule has 0 bridgehead atoms. The Hall–Kier alpha value is -3.72. The number of carbonyl (C=O) groups excluding carboxylic acids is 1. The number of methoxy groups -OCH3 is 1. The summed E-state index contributed by atoms with van der Waals surface area (Å²) in [6.45, 7) is 8.06. The van der Waals surface area contributed by atoms with Gasteiger partial charge in [-0.05, 0) is 45.0 Å². The third kappa shape index (κ3) is 3.95. The summed E-state index contributed by atoms with van der Waals surface area (Å²) < 4.78 is 7.17. The van der Waals surface area contributed by atoms with Crippen LogP contribution in [0.4, 0.5) is 11.5 Å². The molecule has 2 atom stereocenters. The first-order chi connectivity index (χ1) is 15.9. The van der Waals surface area contributed by atoms with E-state index in [1.165, 1.54) is 7.11 Å². The van der Waals surface area contributed by atoms with Gasteiger partial charge in [0.15, 0.2) is 5.82 Å². The van der Waals surface area contributed by atoms with E-state index in [9.17, 15) is 4.79 Å². The Kier molecular flexibility index (Phi) is 5.33. The minimum absolute atomic E-state index is 0.280.